The van der Waals surface area contributed by atoms with Crippen molar-refractivity contribution in [1.82, 2.24) is 16.0 Å². The van der Waals surface area contributed by atoms with Crippen molar-refractivity contribution in [3.63, 3.8) is 0 Å². The molecule has 2 aromatic carbocycles. The molecule has 0 saturated carbocycles. The molecule has 1 aliphatic heterocycles. The van der Waals surface area contributed by atoms with Gasteiger partial charge in [0, 0.05) is 12.2 Å². The van der Waals surface area contributed by atoms with Gasteiger partial charge in [-0.2, -0.15) is 0 Å². The number of phenolic OH excluding ortho intramolecular Hbond substituents is 1. The smallest absolute Gasteiger partial charge is 0.327 e. The van der Waals surface area contributed by atoms with Gasteiger partial charge in [-0.25, -0.2) is 4.79 Å². The number of phenols is 1. The molecule has 3 rings (SSSR count). The topological polar surface area (TPSA) is 171 Å². The Kier molecular flexibility index (Phi) is 10.1. The molecule has 38 heavy (non-hydrogen) atoms. The van der Waals surface area contributed by atoms with Crippen LogP contribution in [0.5, 0.6) is 5.75 Å². The van der Waals surface area contributed by atoms with E-state index in [-0.39, 0.29) is 24.3 Å². The molecule has 1 heterocycles. The lowest BCUT2D eigenvalue weighted by molar-refractivity contribution is -0.143. The Labute approximate surface area is 228 Å². The number of rotatable bonds is 7. The molecule has 10 nitrogen and oxygen atoms in total. The Bertz CT molecular complexity index is 1150. The molecule has 0 aromatic heterocycles. The highest BCUT2D eigenvalue weighted by atomic mass is 33.1. The van der Waals surface area contributed by atoms with E-state index in [1.807, 2.05) is 6.07 Å². The van der Waals surface area contributed by atoms with Crippen molar-refractivity contribution in [3.05, 3.63) is 65.7 Å². The van der Waals surface area contributed by atoms with Crippen LogP contribution in [0.2, 0.25) is 0 Å². The number of amides is 3. The zero-order valence-corrected chi connectivity index (χ0v) is 22.7. The lowest BCUT2D eigenvalue weighted by atomic mass is 10.0. The summed E-state index contributed by atoms with van der Waals surface area (Å²) in [6.45, 7) is 3.40. The van der Waals surface area contributed by atoms with Gasteiger partial charge in [-0.05, 0) is 43.5 Å². The van der Waals surface area contributed by atoms with Crippen molar-refractivity contribution >= 4 is 45.3 Å². The summed E-state index contributed by atoms with van der Waals surface area (Å²) in [5.74, 6) is -2.74. The number of carbonyl (C=O) groups is 4. The summed E-state index contributed by atoms with van der Waals surface area (Å²) >= 11 is 0. The van der Waals surface area contributed by atoms with Crippen LogP contribution in [0.3, 0.4) is 0 Å². The second-order valence-electron chi connectivity index (χ2n) is 9.54. The van der Waals surface area contributed by atoms with Crippen molar-refractivity contribution in [2.75, 3.05) is 5.75 Å². The van der Waals surface area contributed by atoms with E-state index in [2.05, 4.69) is 16.0 Å². The fourth-order valence-electron chi connectivity index (χ4n) is 3.85. The van der Waals surface area contributed by atoms with E-state index in [1.54, 1.807) is 50.2 Å². The number of aromatic hydroxyl groups is 1. The van der Waals surface area contributed by atoms with E-state index in [0.717, 1.165) is 11.1 Å². The molecule has 204 valence electrons. The van der Waals surface area contributed by atoms with Crippen LogP contribution >= 0.6 is 21.6 Å². The normalized spacial score (nSPS) is 22.8. The van der Waals surface area contributed by atoms with Crippen molar-refractivity contribution < 1.29 is 29.4 Å². The number of nitrogens with two attached hydrogens (primary N) is 1. The molecule has 0 aliphatic carbocycles. The van der Waals surface area contributed by atoms with Crippen LogP contribution in [-0.2, 0) is 32.0 Å². The minimum absolute atomic E-state index is 0.0950. The van der Waals surface area contributed by atoms with Gasteiger partial charge >= 0.3 is 5.97 Å². The number of carboxylic acid groups (broad SMARTS) is 1. The maximum absolute atomic E-state index is 13.3. The summed E-state index contributed by atoms with van der Waals surface area (Å²) in [5.41, 5.74) is 7.61. The first kappa shape index (κ1) is 29.3. The summed E-state index contributed by atoms with van der Waals surface area (Å²) in [5, 5.41) is 27.3. The molecule has 1 fully saturated rings. The number of nitrogens with one attached hydrogen (secondary N) is 3. The Hall–Kier alpha value is -3.22. The van der Waals surface area contributed by atoms with Gasteiger partial charge in [-0.3, -0.25) is 14.4 Å². The van der Waals surface area contributed by atoms with Gasteiger partial charge in [0.2, 0.25) is 17.7 Å². The van der Waals surface area contributed by atoms with Gasteiger partial charge in [-0.15, -0.1) is 0 Å². The number of hydrogen-bond donors (Lipinski definition) is 6. The molecule has 12 heteroatoms. The minimum atomic E-state index is -1.22. The predicted molar refractivity (Wildman–Crippen MR) is 147 cm³/mol. The second-order valence-corrected chi connectivity index (χ2v) is 12.5. The van der Waals surface area contributed by atoms with E-state index < -0.39 is 52.6 Å². The average Bonchev–Trinajstić information content (AvgIpc) is 2.88. The third kappa shape index (κ3) is 8.14. The lowest BCUT2D eigenvalue weighted by Crippen LogP contribution is -2.59. The van der Waals surface area contributed by atoms with E-state index >= 15 is 0 Å². The molecule has 1 aliphatic rings. The van der Waals surface area contributed by atoms with Crippen molar-refractivity contribution in [3.8, 4) is 5.75 Å². The number of hydrogen-bond acceptors (Lipinski definition) is 8. The average molecular weight is 561 g/mol. The Morgan fingerprint density at radius 3 is 2.34 bits per heavy atom. The van der Waals surface area contributed by atoms with Crippen LogP contribution in [0.25, 0.3) is 0 Å². The Balaban J connectivity index is 1.81. The van der Waals surface area contributed by atoms with Crippen LogP contribution in [0.15, 0.2) is 54.6 Å². The highest BCUT2D eigenvalue weighted by Crippen LogP contribution is 2.39. The molecule has 1 saturated heterocycles. The maximum atomic E-state index is 13.3. The second kappa shape index (κ2) is 13.0. The number of carboxylic acids is 1. The molecular formula is C26H32N4O6S2. The highest BCUT2D eigenvalue weighted by Gasteiger charge is 2.40. The maximum Gasteiger partial charge on any atom is 0.327 e. The molecule has 7 N–H and O–H groups in total. The molecule has 3 amide bonds. The van der Waals surface area contributed by atoms with Crippen LogP contribution in [0, 0.1) is 0 Å². The Morgan fingerprint density at radius 2 is 1.71 bits per heavy atom. The third-order valence-electron chi connectivity index (χ3n) is 6.01. The van der Waals surface area contributed by atoms with Gasteiger partial charge in [0.25, 0.3) is 0 Å². The summed E-state index contributed by atoms with van der Waals surface area (Å²) < 4.78 is -0.930. The lowest BCUT2D eigenvalue weighted by Gasteiger charge is -2.31. The molecule has 0 spiro atoms. The van der Waals surface area contributed by atoms with Gasteiger partial charge in [0.15, 0.2) is 0 Å². The van der Waals surface area contributed by atoms with E-state index in [1.165, 1.54) is 33.7 Å². The van der Waals surface area contributed by atoms with Crippen molar-refractivity contribution in [2.24, 2.45) is 5.73 Å². The minimum Gasteiger partial charge on any atom is -0.508 e. The molecule has 0 unspecified atom stereocenters. The monoisotopic (exact) mass is 560 g/mol. The molecule has 0 bridgehead atoms. The van der Waals surface area contributed by atoms with Gasteiger partial charge < -0.3 is 31.9 Å². The van der Waals surface area contributed by atoms with E-state index in [9.17, 15) is 29.4 Å². The highest BCUT2D eigenvalue weighted by molar-refractivity contribution is 8.77. The third-order valence-corrected chi connectivity index (χ3v) is 9.32. The van der Waals surface area contributed by atoms with Crippen molar-refractivity contribution in [2.45, 2.75) is 55.6 Å². The quantitative estimate of drug-likeness (QED) is 0.272. The Morgan fingerprint density at radius 1 is 1.05 bits per heavy atom. The molecular weight excluding hydrogens is 528 g/mol. The fourth-order valence-corrected chi connectivity index (χ4v) is 6.66. The first-order valence-electron chi connectivity index (χ1n) is 12.0. The van der Waals surface area contributed by atoms with Gasteiger partial charge in [-0.1, -0.05) is 64.1 Å². The molecule has 2 aromatic rings. The summed E-state index contributed by atoms with van der Waals surface area (Å²) in [6.07, 6.45) is 0.321. The van der Waals surface area contributed by atoms with Crippen LogP contribution < -0.4 is 21.7 Å². The number of carbonyl (C=O) groups excluding carboxylic acids is 3. The standard InChI is InChI=1S/C26H32N4O6S2/c1-26(2)21(25(35)36)30-23(33)19(13-15-6-4-3-5-7-15)28-24(34)20(14-37-38-26)29-22(32)18(27)12-16-8-10-17(31)11-9-16/h3-11,18-21,31H,12-14,27H2,1-2H3,(H,28,34)(H,29,32)(H,30,33)(H,35,36)/t18-,19-,20+,21-/m0/s1. The zero-order chi connectivity index (χ0) is 27.9. The van der Waals surface area contributed by atoms with Crippen molar-refractivity contribution in [1.29, 1.82) is 0 Å². The summed E-state index contributed by atoms with van der Waals surface area (Å²) in [7, 11) is 2.43. The number of benzene rings is 2. The first-order chi connectivity index (χ1) is 18.0. The summed E-state index contributed by atoms with van der Waals surface area (Å²) in [4.78, 5) is 51.5. The molecule has 4 atom stereocenters. The summed E-state index contributed by atoms with van der Waals surface area (Å²) in [6, 6.07) is 11.1. The number of aliphatic carboxylic acids is 1. The van der Waals surface area contributed by atoms with Crippen LogP contribution in [0.1, 0.15) is 25.0 Å². The van der Waals surface area contributed by atoms with Crippen LogP contribution in [0.4, 0.5) is 0 Å². The largest absolute Gasteiger partial charge is 0.508 e. The van der Waals surface area contributed by atoms with Gasteiger partial charge in [0.1, 0.15) is 23.9 Å². The SMILES string of the molecule is CC1(C)SSC[C@@H](NC(=O)[C@@H](N)Cc2ccc(O)cc2)C(=O)N[C@@H](Cc2ccccc2)C(=O)N[C@H]1C(=O)O. The van der Waals surface area contributed by atoms with E-state index in [4.69, 9.17) is 5.73 Å². The van der Waals surface area contributed by atoms with Crippen LogP contribution in [-0.4, -0.2) is 68.6 Å². The first-order valence-corrected chi connectivity index (χ1v) is 14.3. The van der Waals surface area contributed by atoms with E-state index in [0.29, 0.717) is 0 Å². The zero-order valence-electron chi connectivity index (χ0n) is 21.0. The predicted octanol–water partition coefficient (Wildman–Crippen LogP) is 1.22. The fraction of sp³-hybridized carbons (Fsp3) is 0.385. The molecule has 0 radical (unpaired) electrons. The van der Waals surface area contributed by atoms with Gasteiger partial charge in [0.05, 0.1) is 10.8 Å².